The Balaban J connectivity index is 4.65. The molecule has 0 aromatic carbocycles. The van der Waals surface area contributed by atoms with Gasteiger partial charge in [-0.15, -0.1) is 0 Å². The molecule has 0 saturated carbocycles. The summed E-state index contributed by atoms with van der Waals surface area (Å²) >= 11 is 0. The van der Waals surface area contributed by atoms with Crippen molar-refractivity contribution in [2.24, 2.45) is 0 Å². The fraction of sp³-hybridized carbons (Fsp3) is 0.872. The second kappa shape index (κ2) is 41.5. The number of esters is 1. The van der Waals surface area contributed by atoms with Crippen molar-refractivity contribution in [3.63, 3.8) is 0 Å². The van der Waals surface area contributed by atoms with Gasteiger partial charge in [-0.1, -0.05) is 206 Å². The highest BCUT2D eigenvalue weighted by atomic mass is 16.5. The van der Waals surface area contributed by atoms with Crippen LogP contribution in [0.1, 0.15) is 239 Å². The minimum absolute atomic E-state index is 0.0598. The SMILES string of the molecule is CCCCCCCC/C=C\C/C=C/CCC(=O)OC(CCCCCCCCCCCCCC)CC(=O)NC(CO)C(O)CCCCCCCCCCC. The predicted octanol–water partition coefficient (Wildman–Crippen LogP) is 13.2. The van der Waals surface area contributed by atoms with Crippen LogP contribution in [0.4, 0.5) is 0 Å². The molecule has 3 atom stereocenters. The van der Waals surface area contributed by atoms with E-state index < -0.39 is 18.2 Å². The molecule has 0 heterocycles. The van der Waals surface area contributed by atoms with E-state index in [1.807, 2.05) is 6.08 Å². The number of unbranched alkanes of at least 4 members (excludes halogenated alkanes) is 25. The van der Waals surface area contributed by atoms with Gasteiger partial charge in [-0.2, -0.15) is 0 Å². The van der Waals surface area contributed by atoms with E-state index in [4.69, 9.17) is 4.74 Å². The van der Waals surface area contributed by atoms with Crippen molar-refractivity contribution >= 4 is 11.9 Å². The summed E-state index contributed by atoms with van der Waals surface area (Å²) in [5.41, 5.74) is 0. The Kier molecular flexibility index (Phi) is 40.2. The lowest BCUT2D eigenvalue weighted by Crippen LogP contribution is -2.46. The number of rotatable bonds is 41. The zero-order valence-electron chi connectivity index (χ0n) is 35.4. The summed E-state index contributed by atoms with van der Waals surface area (Å²) in [5.74, 6) is -0.548. The van der Waals surface area contributed by atoms with Gasteiger partial charge >= 0.3 is 5.97 Å². The van der Waals surface area contributed by atoms with E-state index in [0.29, 0.717) is 25.7 Å². The van der Waals surface area contributed by atoms with Crippen LogP contribution >= 0.6 is 0 Å². The van der Waals surface area contributed by atoms with Crippen LogP contribution in [0.15, 0.2) is 24.3 Å². The van der Waals surface area contributed by atoms with Crippen molar-refractivity contribution < 1.29 is 24.5 Å². The summed E-state index contributed by atoms with van der Waals surface area (Å²) in [4.78, 5) is 25.9. The summed E-state index contributed by atoms with van der Waals surface area (Å²) in [7, 11) is 0. The normalized spacial score (nSPS) is 13.5. The molecule has 0 aliphatic carbocycles. The lowest BCUT2D eigenvalue weighted by atomic mass is 10.0. The fourth-order valence-corrected chi connectivity index (χ4v) is 7.01. The van der Waals surface area contributed by atoms with Crippen LogP contribution < -0.4 is 5.32 Å². The van der Waals surface area contributed by atoms with Crippen molar-refractivity contribution in [2.45, 2.75) is 257 Å². The molecule has 312 valence electrons. The zero-order chi connectivity index (χ0) is 38.9. The number of ether oxygens (including phenoxy) is 1. The molecule has 0 aliphatic heterocycles. The Labute approximate surface area is 329 Å². The van der Waals surface area contributed by atoms with Gasteiger partial charge in [0, 0.05) is 6.42 Å². The van der Waals surface area contributed by atoms with E-state index in [1.165, 1.54) is 141 Å². The largest absolute Gasteiger partial charge is 0.462 e. The first-order chi connectivity index (χ1) is 26.0. The number of allylic oxidation sites excluding steroid dienone is 4. The van der Waals surface area contributed by atoms with Crippen LogP contribution in [0.3, 0.4) is 0 Å². The van der Waals surface area contributed by atoms with Gasteiger partial charge < -0.3 is 20.3 Å². The van der Waals surface area contributed by atoms with Crippen LogP contribution in [0.2, 0.25) is 0 Å². The molecule has 0 spiro atoms. The summed E-state index contributed by atoms with van der Waals surface area (Å²) in [6.45, 7) is 6.43. The van der Waals surface area contributed by atoms with Gasteiger partial charge in [-0.05, 0) is 44.9 Å². The topological polar surface area (TPSA) is 95.9 Å². The van der Waals surface area contributed by atoms with Crippen LogP contribution in [0.25, 0.3) is 0 Å². The molecular formula is C47H89NO5. The molecule has 1 amide bonds. The molecule has 3 unspecified atom stereocenters. The van der Waals surface area contributed by atoms with Crippen LogP contribution in [0.5, 0.6) is 0 Å². The number of carbonyl (C=O) groups excluding carboxylic acids is 2. The summed E-state index contributed by atoms with van der Waals surface area (Å²) < 4.78 is 5.86. The Morgan fingerprint density at radius 2 is 0.962 bits per heavy atom. The van der Waals surface area contributed by atoms with Crippen LogP contribution in [-0.2, 0) is 14.3 Å². The quantitative estimate of drug-likeness (QED) is 0.0329. The van der Waals surface area contributed by atoms with Gasteiger partial charge in [0.15, 0.2) is 0 Å². The summed E-state index contributed by atoms with van der Waals surface area (Å²) in [6.07, 6.45) is 45.3. The van der Waals surface area contributed by atoms with Gasteiger partial charge in [0.05, 0.1) is 25.2 Å². The van der Waals surface area contributed by atoms with E-state index in [9.17, 15) is 19.8 Å². The molecule has 0 rings (SSSR count). The predicted molar refractivity (Wildman–Crippen MR) is 227 cm³/mol. The van der Waals surface area contributed by atoms with Gasteiger partial charge in [0.25, 0.3) is 0 Å². The lowest BCUT2D eigenvalue weighted by molar-refractivity contribution is -0.150. The number of nitrogens with one attached hydrogen (secondary N) is 1. The first-order valence-electron chi connectivity index (χ1n) is 23.1. The highest BCUT2D eigenvalue weighted by molar-refractivity contribution is 5.77. The molecule has 0 aliphatic rings. The standard InChI is InChI=1S/C47H89NO5/c1-4-7-10-13-16-19-21-23-25-28-31-34-37-40-47(52)53-43(38-35-32-29-27-24-22-20-17-14-11-8-5-2)41-46(51)48-44(42-49)45(50)39-36-33-30-26-18-15-12-9-6-3/h23,25,31,34,43-45,49-50H,4-22,24,26-30,32-33,35-42H2,1-3H3,(H,48,51)/b25-23-,34-31+. The minimum Gasteiger partial charge on any atom is -0.462 e. The molecule has 0 saturated heterocycles. The smallest absolute Gasteiger partial charge is 0.306 e. The van der Waals surface area contributed by atoms with Gasteiger partial charge in [0.2, 0.25) is 5.91 Å². The van der Waals surface area contributed by atoms with Crippen molar-refractivity contribution in [3.05, 3.63) is 24.3 Å². The first kappa shape index (κ1) is 51.3. The number of hydrogen-bond acceptors (Lipinski definition) is 5. The number of aliphatic hydroxyl groups is 2. The third-order valence-electron chi connectivity index (χ3n) is 10.5. The molecule has 0 bridgehead atoms. The first-order valence-corrected chi connectivity index (χ1v) is 23.1. The molecule has 3 N–H and O–H groups in total. The monoisotopic (exact) mass is 748 g/mol. The molecular weight excluding hydrogens is 659 g/mol. The maximum Gasteiger partial charge on any atom is 0.306 e. The molecule has 0 aromatic rings. The Bertz CT molecular complexity index is 843. The molecule has 0 aromatic heterocycles. The fourth-order valence-electron chi connectivity index (χ4n) is 7.01. The van der Waals surface area contributed by atoms with Crippen molar-refractivity contribution in [3.8, 4) is 0 Å². The number of amides is 1. The number of hydrogen-bond donors (Lipinski definition) is 3. The number of aliphatic hydroxyl groups excluding tert-OH is 2. The molecule has 53 heavy (non-hydrogen) atoms. The molecule has 0 radical (unpaired) electrons. The van der Waals surface area contributed by atoms with Crippen molar-refractivity contribution in [1.29, 1.82) is 0 Å². The third-order valence-corrected chi connectivity index (χ3v) is 10.5. The maximum atomic E-state index is 13.1. The third kappa shape index (κ3) is 37.1. The lowest BCUT2D eigenvalue weighted by Gasteiger charge is -2.24. The van der Waals surface area contributed by atoms with Crippen LogP contribution in [0, 0.1) is 0 Å². The highest BCUT2D eigenvalue weighted by Gasteiger charge is 2.24. The van der Waals surface area contributed by atoms with E-state index in [0.717, 1.165) is 44.9 Å². The maximum absolute atomic E-state index is 13.1. The average molecular weight is 748 g/mol. The number of carbonyl (C=O) groups is 2. The summed E-state index contributed by atoms with van der Waals surface area (Å²) in [5, 5.41) is 23.6. The van der Waals surface area contributed by atoms with Crippen molar-refractivity contribution in [2.75, 3.05) is 6.61 Å². The molecule has 6 nitrogen and oxygen atoms in total. The van der Waals surface area contributed by atoms with Gasteiger partial charge in [-0.3, -0.25) is 9.59 Å². The van der Waals surface area contributed by atoms with E-state index in [2.05, 4.69) is 44.3 Å². The second-order valence-electron chi connectivity index (χ2n) is 15.8. The van der Waals surface area contributed by atoms with Gasteiger partial charge in [-0.25, -0.2) is 0 Å². The molecule has 0 fully saturated rings. The Morgan fingerprint density at radius 1 is 0.547 bits per heavy atom. The Hall–Kier alpha value is -1.66. The second-order valence-corrected chi connectivity index (χ2v) is 15.8. The van der Waals surface area contributed by atoms with Crippen molar-refractivity contribution in [1.82, 2.24) is 5.32 Å². The molecule has 6 heteroatoms. The zero-order valence-corrected chi connectivity index (χ0v) is 35.4. The average Bonchev–Trinajstić information content (AvgIpc) is 3.15. The van der Waals surface area contributed by atoms with Crippen LogP contribution in [-0.4, -0.2) is 46.9 Å². The minimum atomic E-state index is -0.789. The van der Waals surface area contributed by atoms with E-state index >= 15 is 0 Å². The summed E-state index contributed by atoms with van der Waals surface area (Å²) in [6, 6.07) is -0.704. The van der Waals surface area contributed by atoms with E-state index in [-0.39, 0.29) is 24.9 Å². The highest BCUT2D eigenvalue weighted by Crippen LogP contribution is 2.17. The van der Waals surface area contributed by atoms with E-state index in [1.54, 1.807) is 0 Å². The Morgan fingerprint density at radius 3 is 1.43 bits per heavy atom. The van der Waals surface area contributed by atoms with Gasteiger partial charge in [0.1, 0.15) is 6.10 Å².